The summed E-state index contributed by atoms with van der Waals surface area (Å²) in [6.07, 6.45) is 8.99. The summed E-state index contributed by atoms with van der Waals surface area (Å²) in [4.78, 5) is 9.42. The SMILES string of the molecule is CC(C)[C@H]1C=CN(c2cccc(N3C=C[C@H](C(C)C)C3)n2)C1. The van der Waals surface area contributed by atoms with Gasteiger partial charge in [-0.15, -0.1) is 0 Å². The minimum atomic E-state index is 0.627. The number of rotatable bonds is 4. The molecule has 22 heavy (non-hydrogen) atoms. The van der Waals surface area contributed by atoms with Gasteiger partial charge in [0.25, 0.3) is 0 Å². The summed E-state index contributed by atoms with van der Waals surface area (Å²) in [7, 11) is 0. The van der Waals surface area contributed by atoms with E-state index in [2.05, 4.69) is 80.2 Å². The lowest BCUT2D eigenvalue weighted by Crippen LogP contribution is -2.23. The van der Waals surface area contributed by atoms with Gasteiger partial charge in [0.05, 0.1) is 0 Å². The van der Waals surface area contributed by atoms with E-state index in [-0.39, 0.29) is 0 Å². The van der Waals surface area contributed by atoms with E-state index in [0.29, 0.717) is 23.7 Å². The summed E-state index contributed by atoms with van der Waals surface area (Å²) in [5, 5.41) is 0. The van der Waals surface area contributed by atoms with Gasteiger partial charge in [0, 0.05) is 25.5 Å². The highest BCUT2D eigenvalue weighted by molar-refractivity contribution is 5.53. The van der Waals surface area contributed by atoms with Gasteiger partial charge in [0.2, 0.25) is 0 Å². The second-order valence-electron chi connectivity index (χ2n) is 7.16. The second-order valence-corrected chi connectivity index (χ2v) is 7.16. The zero-order chi connectivity index (χ0) is 15.7. The lowest BCUT2D eigenvalue weighted by Gasteiger charge is -2.22. The maximum atomic E-state index is 4.87. The predicted octanol–water partition coefficient (Wildman–Crippen LogP) is 4.29. The van der Waals surface area contributed by atoms with E-state index in [1.807, 2.05) is 0 Å². The van der Waals surface area contributed by atoms with Gasteiger partial charge in [-0.3, -0.25) is 0 Å². The van der Waals surface area contributed by atoms with Crippen LogP contribution in [0.15, 0.2) is 42.8 Å². The summed E-state index contributed by atoms with van der Waals surface area (Å²) < 4.78 is 0. The van der Waals surface area contributed by atoms with Gasteiger partial charge in [-0.1, -0.05) is 45.9 Å². The van der Waals surface area contributed by atoms with Crippen molar-refractivity contribution in [2.45, 2.75) is 27.7 Å². The molecule has 118 valence electrons. The summed E-state index contributed by atoms with van der Waals surface area (Å²) >= 11 is 0. The van der Waals surface area contributed by atoms with Gasteiger partial charge < -0.3 is 9.80 Å². The second kappa shape index (κ2) is 6.15. The van der Waals surface area contributed by atoms with Gasteiger partial charge in [-0.05, 0) is 35.8 Å². The molecular formula is C19H27N3. The first-order chi connectivity index (χ1) is 10.5. The van der Waals surface area contributed by atoms with E-state index >= 15 is 0 Å². The van der Waals surface area contributed by atoms with Crippen molar-refractivity contribution in [3.63, 3.8) is 0 Å². The number of aromatic nitrogens is 1. The molecule has 2 aliphatic rings. The minimum Gasteiger partial charge on any atom is -0.333 e. The largest absolute Gasteiger partial charge is 0.333 e. The van der Waals surface area contributed by atoms with Crippen LogP contribution in [0.5, 0.6) is 0 Å². The maximum absolute atomic E-state index is 4.87. The molecule has 0 amide bonds. The number of hydrogen-bond donors (Lipinski definition) is 0. The molecule has 0 aromatic carbocycles. The molecule has 0 unspecified atom stereocenters. The Morgan fingerprint density at radius 3 is 1.68 bits per heavy atom. The van der Waals surface area contributed by atoms with E-state index < -0.39 is 0 Å². The summed E-state index contributed by atoms with van der Waals surface area (Å²) in [5.74, 6) is 4.72. The van der Waals surface area contributed by atoms with Crippen molar-refractivity contribution in [3.05, 3.63) is 42.8 Å². The molecular weight excluding hydrogens is 270 g/mol. The molecule has 0 aliphatic carbocycles. The standard InChI is InChI=1S/C19H27N3/c1-14(2)16-8-10-21(12-16)18-6-5-7-19(20-18)22-11-9-17(13-22)15(3)4/h5-11,14-17H,12-13H2,1-4H3/t16-,17-/m0/s1. The third-order valence-electron chi connectivity index (χ3n) is 4.86. The molecule has 0 N–H and O–H groups in total. The number of nitrogens with zero attached hydrogens (tertiary/aromatic N) is 3. The third-order valence-corrected chi connectivity index (χ3v) is 4.86. The van der Waals surface area contributed by atoms with E-state index in [1.165, 1.54) is 0 Å². The summed E-state index contributed by atoms with van der Waals surface area (Å²) in [6.45, 7) is 11.2. The van der Waals surface area contributed by atoms with Gasteiger partial charge in [0.1, 0.15) is 11.6 Å². The van der Waals surface area contributed by atoms with Crippen LogP contribution in [-0.4, -0.2) is 18.1 Å². The van der Waals surface area contributed by atoms with Gasteiger partial charge in [-0.25, -0.2) is 4.98 Å². The average Bonchev–Trinajstić information content (AvgIpc) is 3.17. The molecule has 3 rings (SSSR count). The molecule has 0 saturated heterocycles. The molecule has 1 aromatic rings. The molecule has 0 spiro atoms. The maximum Gasteiger partial charge on any atom is 0.134 e. The van der Waals surface area contributed by atoms with Crippen LogP contribution in [0.2, 0.25) is 0 Å². The highest BCUT2D eigenvalue weighted by Gasteiger charge is 2.23. The fraction of sp³-hybridized carbons (Fsp3) is 0.526. The van der Waals surface area contributed by atoms with Crippen molar-refractivity contribution in [2.24, 2.45) is 23.7 Å². The molecule has 3 heteroatoms. The van der Waals surface area contributed by atoms with E-state index in [9.17, 15) is 0 Å². The van der Waals surface area contributed by atoms with Crippen molar-refractivity contribution >= 4 is 11.6 Å². The monoisotopic (exact) mass is 297 g/mol. The molecule has 2 aliphatic heterocycles. The summed E-state index contributed by atoms with van der Waals surface area (Å²) in [6, 6.07) is 6.33. The van der Waals surface area contributed by atoms with Crippen LogP contribution in [-0.2, 0) is 0 Å². The molecule has 1 aromatic heterocycles. The van der Waals surface area contributed by atoms with Crippen molar-refractivity contribution in [1.82, 2.24) is 4.98 Å². The fourth-order valence-electron chi connectivity index (χ4n) is 3.06. The Kier molecular flexibility index (Phi) is 4.23. The Labute approximate surface area is 134 Å². The van der Waals surface area contributed by atoms with Crippen molar-refractivity contribution in [1.29, 1.82) is 0 Å². The van der Waals surface area contributed by atoms with Crippen LogP contribution in [0.1, 0.15) is 27.7 Å². The average molecular weight is 297 g/mol. The minimum absolute atomic E-state index is 0.627. The van der Waals surface area contributed by atoms with Crippen LogP contribution >= 0.6 is 0 Å². The highest BCUT2D eigenvalue weighted by Crippen LogP contribution is 2.28. The smallest absolute Gasteiger partial charge is 0.134 e. The quantitative estimate of drug-likeness (QED) is 0.826. The van der Waals surface area contributed by atoms with Crippen LogP contribution in [0, 0.1) is 23.7 Å². The Morgan fingerprint density at radius 1 is 0.864 bits per heavy atom. The number of anilines is 2. The number of pyridine rings is 1. The Hall–Kier alpha value is -1.77. The van der Waals surface area contributed by atoms with E-state index in [4.69, 9.17) is 4.98 Å². The molecule has 0 fully saturated rings. The Morgan fingerprint density at radius 2 is 1.32 bits per heavy atom. The first-order valence-electron chi connectivity index (χ1n) is 8.41. The first kappa shape index (κ1) is 15.1. The van der Waals surface area contributed by atoms with Crippen LogP contribution < -0.4 is 9.80 Å². The van der Waals surface area contributed by atoms with Crippen LogP contribution in [0.25, 0.3) is 0 Å². The number of hydrogen-bond acceptors (Lipinski definition) is 3. The van der Waals surface area contributed by atoms with Gasteiger partial charge in [0.15, 0.2) is 0 Å². The normalized spacial score (nSPS) is 24.3. The van der Waals surface area contributed by atoms with Gasteiger partial charge in [-0.2, -0.15) is 0 Å². The molecule has 0 saturated carbocycles. The zero-order valence-electron chi connectivity index (χ0n) is 14.1. The molecule has 3 nitrogen and oxygen atoms in total. The van der Waals surface area contributed by atoms with Crippen molar-refractivity contribution < 1.29 is 0 Å². The Bertz CT molecular complexity index is 527. The van der Waals surface area contributed by atoms with E-state index in [1.54, 1.807) is 0 Å². The lowest BCUT2D eigenvalue weighted by atomic mass is 9.97. The third kappa shape index (κ3) is 3.03. The highest BCUT2D eigenvalue weighted by atomic mass is 15.2. The van der Waals surface area contributed by atoms with Crippen molar-refractivity contribution in [3.8, 4) is 0 Å². The van der Waals surface area contributed by atoms with E-state index in [0.717, 1.165) is 24.7 Å². The van der Waals surface area contributed by atoms with Gasteiger partial charge >= 0.3 is 0 Å². The first-order valence-corrected chi connectivity index (χ1v) is 8.41. The van der Waals surface area contributed by atoms with Crippen LogP contribution in [0.4, 0.5) is 11.6 Å². The molecule has 2 atom stereocenters. The molecule has 0 bridgehead atoms. The van der Waals surface area contributed by atoms with Crippen LogP contribution in [0.3, 0.4) is 0 Å². The zero-order valence-corrected chi connectivity index (χ0v) is 14.1. The topological polar surface area (TPSA) is 19.4 Å². The van der Waals surface area contributed by atoms with Crippen molar-refractivity contribution in [2.75, 3.05) is 22.9 Å². The lowest BCUT2D eigenvalue weighted by molar-refractivity contribution is 0.486. The molecule has 3 heterocycles. The predicted molar refractivity (Wildman–Crippen MR) is 93.9 cm³/mol. The fourth-order valence-corrected chi connectivity index (χ4v) is 3.06. The molecule has 0 radical (unpaired) electrons. The summed E-state index contributed by atoms with van der Waals surface area (Å²) in [5.41, 5.74) is 0. The Balaban J connectivity index is 1.72.